The summed E-state index contributed by atoms with van der Waals surface area (Å²) in [7, 11) is 0. The molecule has 0 amide bonds. The van der Waals surface area contributed by atoms with Crippen molar-refractivity contribution in [2.24, 2.45) is 54.1 Å². The molecule has 8 aromatic rings. The highest BCUT2D eigenvalue weighted by Crippen LogP contribution is 2.56. The third kappa shape index (κ3) is 26.9. The van der Waals surface area contributed by atoms with Crippen LogP contribution in [0.5, 0.6) is 0 Å². The molecule has 10 nitrogen and oxygen atoms in total. The first-order valence-electron chi connectivity index (χ1n) is 40.4. The molecule has 0 N–H and O–H groups in total. The van der Waals surface area contributed by atoms with E-state index in [0.29, 0.717) is 63.2 Å². The van der Waals surface area contributed by atoms with Gasteiger partial charge in [-0.1, -0.05) is 372 Å². The second-order valence-corrected chi connectivity index (χ2v) is 41.3. The lowest BCUT2D eigenvalue weighted by atomic mass is 9.72. The molecule has 0 aromatic heterocycles. The minimum Gasteiger partial charge on any atom is -0.294 e. The third-order valence-corrected chi connectivity index (χ3v) is 19.6. The summed E-state index contributed by atoms with van der Waals surface area (Å²) in [5.74, 6) is -0.661. The quantitative estimate of drug-likeness (QED) is 0.0754. The van der Waals surface area contributed by atoms with Crippen LogP contribution in [0.4, 0.5) is 39.5 Å². The Morgan fingerprint density at radius 3 is 0.590 bits per heavy atom. The van der Waals surface area contributed by atoms with Gasteiger partial charge < -0.3 is 0 Å². The molecule has 0 fully saturated rings. The molecule has 8 rings (SSSR count). The number of hydrogen-bond acceptors (Lipinski definition) is 10. The van der Waals surface area contributed by atoms with Crippen LogP contribution in [-0.2, 0) is 11.6 Å². The second-order valence-electron chi connectivity index (χ2n) is 41.3. The summed E-state index contributed by atoms with van der Waals surface area (Å²) >= 11 is 0. The number of carbonyl (C=O) groups excluding carboxylic acids is 10. The normalized spacial score (nSPS) is 12.8. The first kappa shape index (κ1) is 104. The predicted octanol–water partition coefficient (Wildman–Crippen LogP) is 28.8. The van der Waals surface area contributed by atoms with Crippen LogP contribution in [0.2, 0.25) is 0 Å². The fourth-order valence-electron chi connectivity index (χ4n) is 12.5. The number of alkyl halides is 9. The highest BCUT2D eigenvalue weighted by molar-refractivity contribution is 6.07. The molecule has 0 saturated heterocycles. The van der Waals surface area contributed by atoms with Crippen LogP contribution in [0, 0.1) is 61.1 Å². The van der Waals surface area contributed by atoms with Gasteiger partial charge in [0.2, 0.25) is 5.41 Å². The van der Waals surface area contributed by atoms with Gasteiger partial charge in [0.15, 0.2) is 57.8 Å². The van der Waals surface area contributed by atoms with E-state index in [4.69, 9.17) is 0 Å². The van der Waals surface area contributed by atoms with E-state index in [1.54, 1.807) is 157 Å². The summed E-state index contributed by atoms with van der Waals surface area (Å²) in [4.78, 5) is 123. The van der Waals surface area contributed by atoms with Crippen molar-refractivity contribution in [3.8, 4) is 22.3 Å². The molecular formula is C103H123F9O10. The summed E-state index contributed by atoms with van der Waals surface area (Å²) in [5, 5.41) is 0. The van der Waals surface area contributed by atoms with Gasteiger partial charge in [0.25, 0.3) is 0 Å². The van der Waals surface area contributed by atoms with Crippen molar-refractivity contribution in [1.82, 2.24) is 0 Å². The van der Waals surface area contributed by atoms with E-state index in [0.717, 1.165) is 52.6 Å². The van der Waals surface area contributed by atoms with E-state index in [1.807, 2.05) is 173 Å². The topological polar surface area (TPSA) is 171 Å². The highest BCUT2D eigenvalue weighted by Gasteiger charge is 2.72. The molecule has 0 atom stereocenters. The zero-order valence-electron chi connectivity index (χ0n) is 76.8. The Bertz CT molecular complexity index is 4880. The number of halogens is 9. The first-order valence-corrected chi connectivity index (χ1v) is 40.4. The molecule has 0 unspecified atom stereocenters. The second kappa shape index (κ2) is 37.9. The number of hydrogen-bond donors (Lipinski definition) is 0. The molecular weight excluding hydrogens is 1570 g/mol. The van der Waals surface area contributed by atoms with Gasteiger partial charge in [-0.15, -0.1) is 0 Å². The van der Waals surface area contributed by atoms with Gasteiger partial charge in [-0.3, -0.25) is 47.9 Å². The van der Waals surface area contributed by atoms with Gasteiger partial charge in [0.1, 0.15) is 0 Å². The Morgan fingerprint density at radius 1 is 0.205 bits per heavy atom. The van der Waals surface area contributed by atoms with Crippen LogP contribution in [0.25, 0.3) is 22.3 Å². The van der Waals surface area contributed by atoms with E-state index >= 15 is 0 Å². The molecule has 19 heteroatoms. The maximum atomic E-state index is 14.3. The molecule has 0 bridgehead atoms. The molecule has 0 saturated carbocycles. The monoisotopic (exact) mass is 1690 g/mol. The minimum atomic E-state index is -5.75. The van der Waals surface area contributed by atoms with Crippen molar-refractivity contribution in [3.05, 3.63) is 260 Å². The van der Waals surface area contributed by atoms with Crippen LogP contribution in [0.3, 0.4) is 0 Å². The number of rotatable bonds is 14. The van der Waals surface area contributed by atoms with Crippen molar-refractivity contribution in [2.75, 3.05) is 0 Å². The maximum absolute atomic E-state index is 14.3. The van der Waals surface area contributed by atoms with Crippen LogP contribution in [-0.4, -0.2) is 70.2 Å². The maximum Gasteiger partial charge on any atom is 0.417 e. The van der Waals surface area contributed by atoms with E-state index in [-0.39, 0.29) is 79.3 Å². The lowest BCUT2D eigenvalue weighted by Gasteiger charge is -2.38. The molecule has 0 aliphatic rings. The SMILES string of the molecule is CC(C)(C)C(=O)c1ccc(-c2ccc(C(=O)C(C)(C)C)cc2)cc1.CC(C)(C)C(=O)c1ccc(C(=O)C(C)(C)C)cc1.CC(C)(C)C(=O)c1ccc(C(c2ccc(C(=O)C(C)(C)C)cc2)(C(F)(F)F)C(F)(F)F)cc1.CC(C)(C)C(=O)c1cccc(C(=O)C(C)(C)C)c1.Cc1cc(C(=O)C(C)(C)C)ccc1-c1ccc(C(=O)C(C)(C)C)cc1C(F)(F)F. The number of Topliss-reactive ketones (excluding diaryl/α,β-unsaturated/α-hetero) is 10. The van der Waals surface area contributed by atoms with Crippen molar-refractivity contribution < 1.29 is 87.5 Å². The molecule has 8 aromatic carbocycles. The molecule has 0 heterocycles. The molecule has 0 radical (unpaired) electrons. The summed E-state index contributed by atoms with van der Waals surface area (Å²) in [6.07, 6.45) is -16.1. The standard InChI is InChI=1S/C25H26F6O2.C24H27F3O2.C22H26O2.2C16H22O2/c1-21(2,3)19(32)15-7-11-17(12-8-15)23(24(26,27)28,25(29,30)31)18-13-9-16(10-14-18)20(33)22(4,5)6;1-14-12-15(20(28)22(2,3)4)8-10-17(14)18-11-9-16(21(29)23(5,6)7)13-19(18)24(25,26)27;1-21(2,3)19(23)17-11-7-15(8-12-17)16-9-13-18(14-10-16)20(24)22(4,5)6;1-15(2,3)13(17)11-7-9-12(10-8-11)14(18)16(4,5)6;1-15(2,3)13(17)11-8-7-9-12(10-11)14(18)16(4,5)6/h7-14H,1-6H3;8-13H,1-7H3;7-14H,1-6H3;2*7-10H,1-6H3. The van der Waals surface area contributed by atoms with Crippen LogP contribution in [0.1, 0.15) is 334 Å². The van der Waals surface area contributed by atoms with E-state index in [9.17, 15) is 87.5 Å². The lowest BCUT2D eigenvalue weighted by molar-refractivity contribution is -0.288. The van der Waals surface area contributed by atoms with Gasteiger partial charge in [-0.2, -0.15) is 39.5 Å². The van der Waals surface area contributed by atoms with Crippen molar-refractivity contribution in [2.45, 2.75) is 239 Å². The van der Waals surface area contributed by atoms with E-state index in [1.165, 1.54) is 12.1 Å². The average Bonchev–Trinajstić information content (AvgIpc) is 0.714. The molecule has 0 spiro atoms. The van der Waals surface area contributed by atoms with E-state index < -0.39 is 95.5 Å². The summed E-state index contributed by atoms with van der Waals surface area (Å²) in [6.45, 7) is 55.9. The lowest BCUT2D eigenvalue weighted by Crippen LogP contribution is -2.54. The Hall–Kier alpha value is -10.2. The van der Waals surface area contributed by atoms with Crippen molar-refractivity contribution >= 4 is 57.8 Å². The fourth-order valence-corrected chi connectivity index (χ4v) is 12.5. The minimum absolute atomic E-state index is 0.00443. The zero-order valence-corrected chi connectivity index (χ0v) is 76.8. The van der Waals surface area contributed by atoms with Gasteiger partial charge in [0.05, 0.1) is 5.56 Å². The van der Waals surface area contributed by atoms with Gasteiger partial charge in [-0.25, -0.2) is 0 Å². The number of aryl methyl sites for hydroxylation is 1. The predicted molar refractivity (Wildman–Crippen MR) is 470 cm³/mol. The summed E-state index contributed by atoms with van der Waals surface area (Å²) < 4.78 is 127. The first-order chi connectivity index (χ1) is 54.8. The highest BCUT2D eigenvalue weighted by atomic mass is 19.4. The Kier molecular flexibility index (Phi) is 32.4. The molecule has 0 aliphatic heterocycles. The van der Waals surface area contributed by atoms with Crippen LogP contribution < -0.4 is 0 Å². The van der Waals surface area contributed by atoms with Crippen LogP contribution >= 0.6 is 0 Å². The van der Waals surface area contributed by atoms with Crippen molar-refractivity contribution in [3.63, 3.8) is 0 Å². The Balaban J connectivity index is 0.000000326. The number of benzene rings is 8. The summed E-state index contributed by atoms with van der Waals surface area (Å²) in [6, 6.07) is 44.4. The Labute approximate surface area is 716 Å². The number of carbonyl (C=O) groups is 10. The molecule has 658 valence electrons. The zero-order chi connectivity index (χ0) is 94.4. The van der Waals surface area contributed by atoms with Gasteiger partial charge >= 0.3 is 18.5 Å². The van der Waals surface area contributed by atoms with Gasteiger partial charge in [-0.05, 0) is 64.1 Å². The molecule has 0 aliphatic carbocycles. The number of ketones is 10. The summed E-state index contributed by atoms with van der Waals surface area (Å²) in [5.41, 5.74) is -5.27. The van der Waals surface area contributed by atoms with Crippen molar-refractivity contribution in [1.29, 1.82) is 0 Å². The van der Waals surface area contributed by atoms with E-state index in [2.05, 4.69) is 0 Å². The molecule has 122 heavy (non-hydrogen) atoms. The van der Waals surface area contributed by atoms with Crippen LogP contribution in [0.15, 0.2) is 182 Å². The fraction of sp³-hybridized carbons (Fsp3) is 0.437. The largest absolute Gasteiger partial charge is 0.417 e. The smallest absolute Gasteiger partial charge is 0.294 e. The third-order valence-electron chi connectivity index (χ3n) is 19.6. The average molecular weight is 1690 g/mol. The Morgan fingerprint density at radius 2 is 0.385 bits per heavy atom. The van der Waals surface area contributed by atoms with Gasteiger partial charge in [0, 0.05) is 110 Å².